The zero-order valence-corrected chi connectivity index (χ0v) is 11.5. The average molecular weight is 248 g/mol. The van der Waals surface area contributed by atoms with Crippen LogP contribution in [0.1, 0.15) is 18.4 Å². The van der Waals surface area contributed by atoms with Crippen molar-refractivity contribution in [3.05, 3.63) is 23.9 Å². The molecular weight excluding hydrogens is 224 g/mol. The van der Waals surface area contributed by atoms with Crippen LogP contribution < -0.4 is 5.73 Å². The molecule has 18 heavy (non-hydrogen) atoms. The Bertz CT molecular complexity index is 355. The molecule has 0 unspecified atom stereocenters. The molecule has 1 aromatic rings. The fourth-order valence-corrected chi connectivity index (χ4v) is 2.59. The van der Waals surface area contributed by atoms with Crippen molar-refractivity contribution in [1.82, 2.24) is 14.8 Å². The summed E-state index contributed by atoms with van der Waals surface area (Å²) in [6, 6.07) is 3.94. The maximum absolute atomic E-state index is 5.59. The van der Waals surface area contributed by atoms with E-state index < -0.39 is 0 Å². The van der Waals surface area contributed by atoms with Crippen molar-refractivity contribution in [1.29, 1.82) is 0 Å². The highest BCUT2D eigenvalue weighted by molar-refractivity contribution is 5.29. The smallest absolute Gasteiger partial charge is 0.123 e. The lowest BCUT2D eigenvalue weighted by molar-refractivity contribution is 0.173. The highest BCUT2D eigenvalue weighted by Crippen LogP contribution is 2.17. The van der Waals surface area contributed by atoms with Crippen molar-refractivity contribution >= 4 is 5.82 Å². The quantitative estimate of drug-likeness (QED) is 0.876. The molecule has 0 bridgehead atoms. The number of nitrogens with zero attached hydrogens (tertiary/aromatic N) is 3. The molecule has 1 aliphatic rings. The summed E-state index contributed by atoms with van der Waals surface area (Å²) in [7, 11) is 4.40. The van der Waals surface area contributed by atoms with E-state index in [1.807, 2.05) is 12.3 Å². The molecule has 0 radical (unpaired) electrons. The van der Waals surface area contributed by atoms with Gasteiger partial charge in [-0.25, -0.2) is 4.98 Å². The lowest BCUT2D eigenvalue weighted by Crippen LogP contribution is -2.35. The van der Waals surface area contributed by atoms with E-state index in [-0.39, 0.29) is 0 Å². The standard InChI is InChI=1S/C14H24N4/c1-17-7-5-12(6-8-17)10-18(2)11-13-3-4-14(15)16-9-13/h3-4,9,12H,5-8,10-11H2,1-2H3,(H2,15,16). The van der Waals surface area contributed by atoms with E-state index in [9.17, 15) is 0 Å². The summed E-state index contributed by atoms with van der Waals surface area (Å²) >= 11 is 0. The Morgan fingerprint density at radius 1 is 1.39 bits per heavy atom. The van der Waals surface area contributed by atoms with Crippen molar-refractivity contribution in [3.8, 4) is 0 Å². The predicted octanol–water partition coefficient (Wildman–Crippen LogP) is 1.44. The summed E-state index contributed by atoms with van der Waals surface area (Å²) < 4.78 is 0. The highest BCUT2D eigenvalue weighted by atomic mass is 15.1. The number of likely N-dealkylation sites (tertiary alicyclic amines) is 1. The number of nitrogen functional groups attached to an aromatic ring is 1. The molecule has 1 aliphatic heterocycles. The number of hydrogen-bond donors (Lipinski definition) is 1. The SMILES string of the molecule is CN1CCC(CN(C)Cc2ccc(N)nc2)CC1. The Morgan fingerprint density at radius 3 is 2.72 bits per heavy atom. The molecule has 100 valence electrons. The van der Waals surface area contributed by atoms with Crippen LogP contribution >= 0.6 is 0 Å². The number of aromatic nitrogens is 1. The van der Waals surface area contributed by atoms with Gasteiger partial charge in [-0.2, -0.15) is 0 Å². The van der Waals surface area contributed by atoms with E-state index in [1.165, 1.54) is 38.0 Å². The van der Waals surface area contributed by atoms with Crippen LogP contribution in [0.3, 0.4) is 0 Å². The van der Waals surface area contributed by atoms with E-state index in [0.717, 1.165) is 12.5 Å². The molecule has 4 heteroatoms. The molecule has 1 fully saturated rings. The van der Waals surface area contributed by atoms with Crippen LogP contribution in [0.2, 0.25) is 0 Å². The van der Waals surface area contributed by atoms with Gasteiger partial charge in [0.15, 0.2) is 0 Å². The van der Waals surface area contributed by atoms with Crippen LogP contribution in [-0.4, -0.2) is 48.5 Å². The Labute approximate surface area is 110 Å². The average Bonchev–Trinajstić information content (AvgIpc) is 2.35. The lowest BCUT2D eigenvalue weighted by atomic mass is 9.96. The van der Waals surface area contributed by atoms with Crippen LogP contribution in [0.15, 0.2) is 18.3 Å². The van der Waals surface area contributed by atoms with Crippen LogP contribution in [0.25, 0.3) is 0 Å². The Morgan fingerprint density at radius 2 is 2.11 bits per heavy atom. The maximum atomic E-state index is 5.59. The molecule has 0 aliphatic carbocycles. The molecule has 0 amide bonds. The minimum atomic E-state index is 0.594. The third-order valence-electron chi connectivity index (χ3n) is 3.71. The van der Waals surface area contributed by atoms with Gasteiger partial charge in [0.05, 0.1) is 0 Å². The topological polar surface area (TPSA) is 45.4 Å². The third-order valence-corrected chi connectivity index (χ3v) is 3.71. The van der Waals surface area contributed by atoms with Crippen molar-refractivity contribution in [2.75, 3.05) is 39.5 Å². The van der Waals surface area contributed by atoms with E-state index in [2.05, 4.69) is 34.9 Å². The van der Waals surface area contributed by atoms with Crippen LogP contribution in [0.5, 0.6) is 0 Å². The number of anilines is 1. The minimum Gasteiger partial charge on any atom is -0.384 e. The highest BCUT2D eigenvalue weighted by Gasteiger charge is 2.18. The minimum absolute atomic E-state index is 0.594. The van der Waals surface area contributed by atoms with Crippen molar-refractivity contribution in [2.24, 2.45) is 5.92 Å². The molecule has 0 saturated carbocycles. The second-order valence-corrected chi connectivity index (χ2v) is 5.53. The van der Waals surface area contributed by atoms with Gasteiger partial charge in [0.25, 0.3) is 0 Å². The summed E-state index contributed by atoms with van der Waals surface area (Å²) in [5.41, 5.74) is 6.83. The van der Waals surface area contributed by atoms with Gasteiger partial charge in [0.2, 0.25) is 0 Å². The zero-order valence-electron chi connectivity index (χ0n) is 11.5. The Balaban J connectivity index is 1.78. The summed E-state index contributed by atoms with van der Waals surface area (Å²) in [4.78, 5) is 8.94. The molecule has 2 heterocycles. The third kappa shape index (κ3) is 3.96. The predicted molar refractivity (Wildman–Crippen MR) is 75.2 cm³/mol. The van der Waals surface area contributed by atoms with Gasteiger partial charge in [-0.3, -0.25) is 0 Å². The molecule has 2 N–H and O–H groups in total. The zero-order chi connectivity index (χ0) is 13.0. The first-order valence-electron chi connectivity index (χ1n) is 6.71. The summed E-state index contributed by atoms with van der Waals surface area (Å²) in [6.07, 6.45) is 4.52. The van der Waals surface area contributed by atoms with E-state index in [0.29, 0.717) is 5.82 Å². The van der Waals surface area contributed by atoms with E-state index in [1.54, 1.807) is 0 Å². The summed E-state index contributed by atoms with van der Waals surface area (Å²) in [6.45, 7) is 4.61. The molecule has 1 aromatic heterocycles. The van der Waals surface area contributed by atoms with E-state index in [4.69, 9.17) is 5.73 Å². The number of piperidine rings is 1. The van der Waals surface area contributed by atoms with Gasteiger partial charge < -0.3 is 15.5 Å². The monoisotopic (exact) mass is 248 g/mol. The Hall–Kier alpha value is -1.13. The fourth-order valence-electron chi connectivity index (χ4n) is 2.59. The number of rotatable bonds is 4. The van der Waals surface area contributed by atoms with Crippen molar-refractivity contribution in [3.63, 3.8) is 0 Å². The van der Waals surface area contributed by atoms with Gasteiger partial charge in [-0.05, 0) is 57.6 Å². The largest absolute Gasteiger partial charge is 0.384 e. The first kappa shape index (κ1) is 13.3. The molecule has 0 aromatic carbocycles. The van der Waals surface area contributed by atoms with Crippen molar-refractivity contribution in [2.45, 2.75) is 19.4 Å². The maximum Gasteiger partial charge on any atom is 0.123 e. The second-order valence-electron chi connectivity index (χ2n) is 5.53. The lowest BCUT2D eigenvalue weighted by Gasteiger charge is -2.31. The Kier molecular flexibility index (Phi) is 4.55. The summed E-state index contributed by atoms with van der Waals surface area (Å²) in [5, 5.41) is 0. The number of hydrogen-bond acceptors (Lipinski definition) is 4. The second kappa shape index (κ2) is 6.16. The molecule has 0 spiro atoms. The molecule has 0 atom stereocenters. The van der Waals surface area contributed by atoms with Gasteiger partial charge in [-0.15, -0.1) is 0 Å². The molecule has 1 saturated heterocycles. The summed E-state index contributed by atoms with van der Waals surface area (Å²) in [5.74, 6) is 1.43. The number of pyridine rings is 1. The van der Waals surface area contributed by atoms with Gasteiger partial charge in [0.1, 0.15) is 5.82 Å². The van der Waals surface area contributed by atoms with Crippen LogP contribution in [0.4, 0.5) is 5.82 Å². The molecule has 2 rings (SSSR count). The fraction of sp³-hybridized carbons (Fsp3) is 0.643. The first-order valence-corrected chi connectivity index (χ1v) is 6.71. The van der Waals surface area contributed by atoms with Crippen molar-refractivity contribution < 1.29 is 0 Å². The normalized spacial score (nSPS) is 18.4. The first-order chi connectivity index (χ1) is 8.63. The van der Waals surface area contributed by atoms with Crippen LogP contribution in [0, 0.1) is 5.92 Å². The van der Waals surface area contributed by atoms with Gasteiger partial charge in [0, 0.05) is 19.3 Å². The van der Waals surface area contributed by atoms with Gasteiger partial charge >= 0.3 is 0 Å². The van der Waals surface area contributed by atoms with E-state index >= 15 is 0 Å². The van der Waals surface area contributed by atoms with Gasteiger partial charge in [-0.1, -0.05) is 6.07 Å². The molecule has 4 nitrogen and oxygen atoms in total. The molecular formula is C14H24N4. The number of nitrogens with two attached hydrogens (primary N) is 1. The van der Waals surface area contributed by atoms with Crippen LogP contribution in [-0.2, 0) is 6.54 Å².